The molecule has 0 saturated carbocycles. The summed E-state index contributed by atoms with van der Waals surface area (Å²) in [5, 5.41) is 3.27. The van der Waals surface area contributed by atoms with Gasteiger partial charge in [0, 0.05) is 6.54 Å². The molecule has 2 aromatic carbocycles. The number of nitrogens with one attached hydrogen (secondary N) is 1. The second-order valence-corrected chi connectivity index (χ2v) is 4.63. The molecule has 3 heteroatoms. The summed E-state index contributed by atoms with van der Waals surface area (Å²) in [5.41, 5.74) is 9.93. The molecule has 0 aromatic heterocycles. The highest BCUT2D eigenvalue weighted by molar-refractivity contribution is 5.65. The lowest BCUT2D eigenvalue weighted by atomic mass is 10.1. The van der Waals surface area contributed by atoms with E-state index in [1.807, 2.05) is 24.3 Å². The molecule has 0 bridgehead atoms. The van der Waals surface area contributed by atoms with E-state index in [0.717, 1.165) is 29.2 Å². The Morgan fingerprint density at radius 3 is 2.68 bits per heavy atom. The van der Waals surface area contributed by atoms with Crippen molar-refractivity contribution in [2.75, 3.05) is 24.2 Å². The number of aryl methyl sites for hydroxylation is 2. The van der Waals surface area contributed by atoms with Crippen molar-refractivity contribution in [3.05, 3.63) is 53.6 Å². The summed E-state index contributed by atoms with van der Waals surface area (Å²) < 4.78 is 5.78. The Balaban J connectivity index is 1.84. The number of hydrogen-bond acceptors (Lipinski definition) is 3. The van der Waals surface area contributed by atoms with Crippen LogP contribution in [-0.4, -0.2) is 13.2 Å². The van der Waals surface area contributed by atoms with Crippen LogP contribution in [0.2, 0.25) is 0 Å². The van der Waals surface area contributed by atoms with Gasteiger partial charge < -0.3 is 15.8 Å². The number of para-hydroxylation sites is 2. The van der Waals surface area contributed by atoms with Crippen molar-refractivity contribution in [3.8, 4) is 5.75 Å². The molecule has 19 heavy (non-hydrogen) atoms. The van der Waals surface area contributed by atoms with Gasteiger partial charge in [-0.05, 0) is 43.2 Å². The normalized spacial score (nSPS) is 10.2. The molecule has 3 N–H and O–H groups in total. The van der Waals surface area contributed by atoms with Crippen LogP contribution in [0, 0.1) is 13.8 Å². The lowest BCUT2D eigenvalue weighted by molar-refractivity contribution is 0.330. The Morgan fingerprint density at radius 2 is 1.89 bits per heavy atom. The average molecular weight is 256 g/mol. The van der Waals surface area contributed by atoms with E-state index in [4.69, 9.17) is 10.5 Å². The number of benzene rings is 2. The number of nitrogens with two attached hydrogens (primary N) is 1. The zero-order valence-electron chi connectivity index (χ0n) is 11.4. The molecule has 0 spiro atoms. The molecule has 0 unspecified atom stereocenters. The first-order valence-electron chi connectivity index (χ1n) is 6.45. The van der Waals surface area contributed by atoms with Crippen LogP contribution in [0.4, 0.5) is 11.4 Å². The molecule has 3 nitrogen and oxygen atoms in total. The van der Waals surface area contributed by atoms with Crippen molar-refractivity contribution in [1.29, 1.82) is 0 Å². The van der Waals surface area contributed by atoms with Crippen LogP contribution in [0.3, 0.4) is 0 Å². The molecule has 0 aliphatic carbocycles. The standard InChI is InChI=1S/C16H20N2O/c1-12-7-8-13(2)16(11-12)19-10-9-18-15-6-4-3-5-14(15)17/h3-8,11,18H,9-10,17H2,1-2H3. The molecule has 0 radical (unpaired) electrons. The molecular weight excluding hydrogens is 236 g/mol. The number of hydrogen-bond donors (Lipinski definition) is 2. The van der Waals surface area contributed by atoms with Gasteiger partial charge in [-0.15, -0.1) is 0 Å². The van der Waals surface area contributed by atoms with E-state index in [9.17, 15) is 0 Å². The minimum absolute atomic E-state index is 0.610. The van der Waals surface area contributed by atoms with Gasteiger partial charge in [-0.2, -0.15) is 0 Å². The number of nitrogen functional groups attached to an aromatic ring is 1. The molecule has 0 aliphatic rings. The smallest absolute Gasteiger partial charge is 0.122 e. The van der Waals surface area contributed by atoms with E-state index in [1.165, 1.54) is 5.56 Å². The fourth-order valence-corrected chi connectivity index (χ4v) is 1.87. The third kappa shape index (κ3) is 3.65. The van der Waals surface area contributed by atoms with Crippen LogP contribution in [0.15, 0.2) is 42.5 Å². The Kier molecular flexibility index (Phi) is 4.29. The number of rotatable bonds is 5. The number of anilines is 2. The Morgan fingerprint density at radius 1 is 1.11 bits per heavy atom. The SMILES string of the molecule is Cc1ccc(C)c(OCCNc2ccccc2N)c1. The highest BCUT2D eigenvalue weighted by Crippen LogP contribution is 2.19. The molecule has 100 valence electrons. The lowest BCUT2D eigenvalue weighted by Gasteiger charge is -2.12. The topological polar surface area (TPSA) is 47.3 Å². The third-order valence-electron chi connectivity index (χ3n) is 2.98. The van der Waals surface area contributed by atoms with Gasteiger partial charge >= 0.3 is 0 Å². The van der Waals surface area contributed by atoms with Gasteiger partial charge in [-0.3, -0.25) is 0 Å². The molecule has 0 saturated heterocycles. The van der Waals surface area contributed by atoms with Crippen molar-refractivity contribution in [1.82, 2.24) is 0 Å². The Hall–Kier alpha value is -2.16. The van der Waals surface area contributed by atoms with Crippen LogP contribution >= 0.6 is 0 Å². The van der Waals surface area contributed by atoms with Crippen molar-refractivity contribution in [2.45, 2.75) is 13.8 Å². The monoisotopic (exact) mass is 256 g/mol. The van der Waals surface area contributed by atoms with Crippen LogP contribution in [-0.2, 0) is 0 Å². The molecule has 0 amide bonds. The van der Waals surface area contributed by atoms with Gasteiger partial charge in [0.25, 0.3) is 0 Å². The van der Waals surface area contributed by atoms with Gasteiger partial charge in [0.15, 0.2) is 0 Å². The van der Waals surface area contributed by atoms with Gasteiger partial charge in [0.2, 0.25) is 0 Å². The summed E-state index contributed by atoms with van der Waals surface area (Å²) >= 11 is 0. The van der Waals surface area contributed by atoms with Crippen LogP contribution in [0.1, 0.15) is 11.1 Å². The summed E-state index contributed by atoms with van der Waals surface area (Å²) in [6.07, 6.45) is 0. The predicted molar refractivity (Wildman–Crippen MR) is 80.8 cm³/mol. The molecule has 0 fully saturated rings. The molecule has 2 aromatic rings. The zero-order valence-corrected chi connectivity index (χ0v) is 11.4. The molecule has 2 rings (SSSR count). The maximum absolute atomic E-state index is 5.85. The van der Waals surface area contributed by atoms with E-state index in [0.29, 0.717) is 6.61 Å². The van der Waals surface area contributed by atoms with Crippen molar-refractivity contribution in [3.63, 3.8) is 0 Å². The summed E-state index contributed by atoms with van der Waals surface area (Å²) in [5.74, 6) is 0.947. The second-order valence-electron chi connectivity index (χ2n) is 4.63. The molecule has 0 atom stereocenters. The molecular formula is C16H20N2O. The minimum atomic E-state index is 0.610. The fraction of sp³-hybridized carbons (Fsp3) is 0.250. The summed E-state index contributed by atoms with van der Waals surface area (Å²) in [4.78, 5) is 0. The van der Waals surface area contributed by atoms with Gasteiger partial charge in [0.1, 0.15) is 12.4 Å². The van der Waals surface area contributed by atoms with Gasteiger partial charge in [-0.1, -0.05) is 24.3 Å². The summed E-state index contributed by atoms with van der Waals surface area (Å²) in [6, 6.07) is 14.0. The quantitative estimate of drug-likeness (QED) is 0.637. The van der Waals surface area contributed by atoms with Gasteiger partial charge in [0.05, 0.1) is 11.4 Å². The fourth-order valence-electron chi connectivity index (χ4n) is 1.87. The Bertz CT molecular complexity index is 552. The minimum Gasteiger partial charge on any atom is -0.491 e. The van der Waals surface area contributed by atoms with Crippen molar-refractivity contribution in [2.24, 2.45) is 0 Å². The van der Waals surface area contributed by atoms with Crippen LogP contribution in [0.25, 0.3) is 0 Å². The summed E-state index contributed by atoms with van der Waals surface area (Å²) in [6.45, 7) is 5.45. The van der Waals surface area contributed by atoms with E-state index < -0.39 is 0 Å². The Labute approximate surface area is 114 Å². The van der Waals surface area contributed by atoms with Crippen LogP contribution < -0.4 is 15.8 Å². The van der Waals surface area contributed by atoms with Crippen molar-refractivity contribution < 1.29 is 4.74 Å². The summed E-state index contributed by atoms with van der Waals surface area (Å²) in [7, 11) is 0. The van der Waals surface area contributed by atoms with Crippen LogP contribution in [0.5, 0.6) is 5.75 Å². The lowest BCUT2D eigenvalue weighted by Crippen LogP contribution is -2.12. The molecule has 0 heterocycles. The zero-order chi connectivity index (χ0) is 13.7. The maximum Gasteiger partial charge on any atom is 0.122 e. The van der Waals surface area contributed by atoms with Crippen molar-refractivity contribution >= 4 is 11.4 Å². The highest BCUT2D eigenvalue weighted by atomic mass is 16.5. The highest BCUT2D eigenvalue weighted by Gasteiger charge is 2.00. The maximum atomic E-state index is 5.85. The largest absolute Gasteiger partial charge is 0.491 e. The third-order valence-corrected chi connectivity index (χ3v) is 2.98. The second kappa shape index (κ2) is 6.14. The van der Waals surface area contributed by atoms with E-state index >= 15 is 0 Å². The average Bonchev–Trinajstić information content (AvgIpc) is 2.40. The van der Waals surface area contributed by atoms with E-state index in [1.54, 1.807) is 0 Å². The molecule has 0 aliphatic heterocycles. The predicted octanol–water partition coefficient (Wildman–Crippen LogP) is 3.38. The first-order chi connectivity index (χ1) is 9.16. The van der Waals surface area contributed by atoms with E-state index in [-0.39, 0.29) is 0 Å². The first kappa shape index (κ1) is 13.3. The number of ether oxygens (including phenoxy) is 1. The first-order valence-corrected chi connectivity index (χ1v) is 6.45. The van der Waals surface area contributed by atoms with E-state index in [2.05, 4.69) is 37.4 Å². The van der Waals surface area contributed by atoms with Gasteiger partial charge in [-0.25, -0.2) is 0 Å².